The molecule has 0 aliphatic carbocycles. The van der Waals surface area contributed by atoms with E-state index in [4.69, 9.17) is 19.0 Å². The molecule has 0 saturated carbocycles. The van der Waals surface area contributed by atoms with Crippen molar-refractivity contribution in [1.29, 1.82) is 0 Å². The molecule has 0 saturated heterocycles. The number of methoxy groups -OCH3 is 3. The highest BCUT2D eigenvalue weighted by Gasteiger charge is 2.11. The lowest BCUT2D eigenvalue weighted by atomic mass is 10.2. The fraction of sp³-hybridized carbons (Fsp3) is 0.263. The summed E-state index contributed by atoms with van der Waals surface area (Å²) in [5.74, 6) is 0.599. The number of nitrogens with one attached hydrogen (secondary N) is 1. The Kier molecular flexibility index (Phi) is 8.01. The smallest absolute Gasteiger partial charge is 0.387 e. The summed E-state index contributed by atoms with van der Waals surface area (Å²) in [6.45, 7) is -3.31. The fourth-order valence-corrected chi connectivity index (χ4v) is 2.23. The Bertz CT molecular complexity index is 838. The molecule has 2 aromatic rings. The molecule has 1 amide bonds. The van der Waals surface area contributed by atoms with Crippen molar-refractivity contribution in [1.82, 2.24) is 0 Å². The van der Waals surface area contributed by atoms with Crippen LogP contribution < -0.4 is 24.3 Å². The number of halogens is 2. The third-order valence-electron chi connectivity index (χ3n) is 3.51. The van der Waals surface area contributed by atoms with Crippen LogP contribution in [0.5, 0.6) is 23.0 Å². The third-order valence-corrected chi connectivity index (χ3v) is 3.51. The van der Waals surface area contributed by atoms with E-state index < -0.39 is 12.5 Å². The zero-order valence-electron chi connectivity index (χ0n) is 16.0. The Balaban J connectivity index is 1.91. The SMILES string of the molecule is COc1cc(NC(=O)CON=Cc2ccc(OC(F)F)c(OC)c2)cc(OC)c1. The summed E-state index contributed by atoms with van der Waals surface area (Å²) in [5, 5.41) is 6.31. The molecule has 2 aromatic carbocycles. The Morgan fingerprint density at radius 3 is 2.31 bits per heavy atom. The predicted octanol–water partition coefficient (Wildman–Crippen LogP) is 3.30. The molecule has 156 valence electrons. The Hall–Kier alpha value is -3.56. The molecule has 0 unspecified atom stereocenters. The van der Waals surface area contributed by atoms with Crippen molar-refractivity contribution in [2.75, 3.05) is 33.3 Å². The molecular weight excluding hydrogens is 390 g/mol. The van der Waals surface area contributed by atoms with Crippen LogP contribution in [-0.4, -0.2) is 46.7 Å². The van der Waals surface area contributed by atoms with E-state index >= 15 is 0 Å². The fourth-order valence-electron chi connectivity index (χ4n) is 2.23. The number of carbonyl (C=O) groups excluding carboxylic acids is 1. The highest BCUT2D eigenvalue weighted by molar-refractivity contribution is 5.92. The lowest BCUT2D eigenvalue weighted by molar-refractivity contribution is -0.120. The van der Waals surface area contributed by atoms with Crippen molar-refractivity contribution >= 4 is 17.8 Å². The van der Waals surface area contributed by atoms with Crippen LogP contribution in [0.1, 0.15) is 5.56 Å². The van der Waals surface area contributed by atoms with E-state index in [-0.39, 0.29) is 18.1 Å². The number of nitrogens with zero attached hydrogens (tertiary/aromatic N) is 1. The maximum atomic E-state index is 12.3. The number of alkyl halides is 2. The van der Waals surface area contributed by atoms with E-state index in [0.29, 0.717) is 22.7 Å². The standard InChI is InChI=1S/C19H20F2N2O6/c1-25-14-7-13(8-15(9-14)26-2)23-18(24)11-28-22-10-12-4-5-16(29-19(20)21)17(6-12)27-3/h4-10,19H,11H2,1-3H3,(H,23,24). The van der Waals surface area contributed by atoms with Gasteiger partial charge in [-0.15, -0.1) is 0 Å². The van der Waals surface area contributed by atoms with Gasteiger partial charge >= 0.3 is 6.61 Å². The van der Waals surface area contributed by atoms with Gasteiger partial charge in [0.25, 0.3) is 5.91 Å². The van der Waals surface area contributed by atoms with E-state index in [1.807, 2.05) is 0 Å². The van der Waals surface area contributed by atoms with Gasteiger partial charge in [-0.05, 0) is 18.2 Å². The van der Waals surface area contributed by atoms with Crippen LogP contribution in [0.3, 0.4) is 0 Å². The molecule has 0 aromatic heterocycles. The second-order valence-electron chi connectivity index (χ2n) is 5.45. The van der Waals surface area contributed by atoms with Gasteiger partial charge < -0.3 is 29.1 Å². The number of anilines is 1. The summed E-state index contributed by atoms with van der Waals surface area (Å²) >= 11 is 0. The molecule has 29 heavy (non-hydrogen) atoms. The van der Waals surface area contributed by atoms with Crippen LogP contribution in [0.2, 0.25) is 0 Å². The van der Waals surface area contributed by atoms with E-state index in [1.165, 1.54) is 45.7 Å². The molecule has 8 nitrogen and oxygen atoms in total. The van der Waals surface area contributed by atoms with Gasteiger partial charge in [0, 0.05) is 29.4 Å². The molecule has 10 heteroatoms. The van der Waals surface area contributed by atoms with Gasteiger partial charge in [0.15, 0.2) is 18.1 Å². The molecule has 0 radical (unpaired) electrons. The molecule has 0 fully saturated rings. The van der Waals surface area contributed by atoms with E-state index in [9.17, 15) is 13.6 Å². The summed E-state index contributed by atoms with van der Waals surface area (Å²) in [6, 6.07) is 9.15. The van der Waals surface area contributed by atoms with Crippen molar-refractivity contribution in [3.8, 4) is 23.0 Å². The molecule has 0 aliphatic rings. The number of hydrogen-bond acceptors (Lipinski definition) is 7. The van der Waals surface area contributed by atoms with Gasteiger partial charge in [0.2, 0.25) is 0 Å². The lowest BCUT2D eigenvalue weighted by Crippen LogP contribution is -2.17. The maximum Gasteiger partial charge on any atom is 0.387 e. The monoisotopic (exact) mass is 410 g/mol. The van der Waals surface area contributed by atoms with Gasteiger partial charge in [-0.25, -0.2) is 0 Å². The van der Waals surface area contributed by atoms with E-state index in [1.54, 1.807) is 18.2 Å². The van der Waals surface area contributed by atoms with Crippen LogP contribution in [0, 0.1) is 0 Å². The summed E-state index contributed by atoms with van der Waals surface area (Å²) in [4.78, 5) is 16.9. The first kappa shape index (κ1) is 21.7. The first-order chi connectivity index (χ1) is 13.9. The van der Waals surface area contributed by atoms with Crippen molar-refractivity contribution in [3.63, 3.8) is 0 Å². The summed E-state index contributed by atoms with van der Waals surface area (Å²) in [7, 11) is 4.32. The van der Waals surface area contributed by atoms with Crippen molar-refractivity contribution in [2.45, 2.75) is 6.61 Å². The van der Waals surface area contributed by atoms with E-state index in [0.717, 1.165) is 0 Å². The third kappa shape index (κ3) is 6.83. The van der Waals surface area contributed by atoms with E-state index in [2.05, 4.69) is 15.2 Å². The topological polar surface area (TPSA) is 87.6 Å². The molecule has 1 N–H and O–H groups in total. The van der Waals surface area contributed by atoms with Gasteiger partial charge in [-0.3, -0.25) is 4.79 Å². The Morgan fingerprint density at radius 2 is 1.72 bits per heavy atom. The quantitative estimate of drug-likeness (QED) is 0.478. The second kappa shape index (κ2) is 10.7. The highest BCUT2D eigenvalue weighted by atomic mass is 19.3. The van der Waals surface area contributed by atoms with Crippen LogP contribution >= 0.6 is 0 Å². The molecule has 0 atom stereocenters. The maximum absolute atomic E-state index is 12.3. The van der Waals surface area contributed by atoms with Gasteiger partial charge in [-0.1, -0.05) is 5.16 Å². The summed E-state index contributed by atoms with van der Waals surface area (Å²) < 4.78 is 44.2. The molecule has 0 aliphatic heterocycles. The number of hydrogen-bond donors (Lipinski definition) is 1. The predicted molar refractivity (Wildman–Crippen MR) is 101 cm³/mol. The van der Waals surface area contributed by atoms with Crippen LogP contribution in [0.4, 0.5) is 14.5 Å². The minimum absolute atomic E-state index is 0.103. The van der Waals surface area contributed by atoms with Crippen LogP contribution in [0.25, 0.3) is 0 Å². The molecular formula is C19H20F2N2O6. The van der Waals surface area contributed by atoms with Crippen molar-refractivity contribution in [3.05, 3.63) is 42.0 Å². The molecule has 0 spiro atoms. The van der Waals surface area contributed by atoms with Gasteiger partial charge in [0.1, 0.15) is 11.5 Å². The number of oxime groups is 1. The molecule has 0 heterocycles. The normalized spacial score (nSPS) is 10.7. The number of rotatable bonds is 10. The zero-order chi connectivity index (χ0) is 21.2. The average Bonchev–Trinajstić information content (AvgIpc) is 2.71. The zero-order valence-corrected chi connectivity index (χ0v) is 16.0. The van der Waals surface area contributed by atoms with Gasteiger partial charge in [0.05, 0.1) is 27.5 Å². The Labute approximate surface area is 166 Å². The minimum atomic E-state index is -2.96. The van der Waals surface area contributed by atoms with Crippen LogP contribution in [-0.2, 0) is 9.63 Å². The minimum Gasteiger partial charge on any atom is -0.497 e. The highest BCUT2D eigenvalue weighted by Crippen LogP contribution is 2.29. The van der Waals surface area contributed by atoms with Crippen molar-refractivity contribution in [2.24, 2.45) is 5.16 Å². The second-order valence-corrected chi connectivity index (χ2v) is 5.45. The summed E-state index contributed by atoms with van der Waals surface area (Å²) in [5.41, 5.74) is 0.972. The van der Waals surface area contributed by atoms with Crippen molar-refractivity contribution < 1.29 is 37.4 Å². The first-order valence-electron chi connectivity index (χ1n) is 8.26. The van der Waals surface area contributed by atoms with Gasteiger partial charge in [-0.2, -0.15) is 8.78 Å². The molecule has 2 rings (SSSR count). The van der Waals surface area contributed by atoms with Crippen LogP contribution in [0.15, 0.2) is 41.6 Å². The number of carbonyl (C=O) groups is 1. The average molecular weight is 410 g/mol. The largest absolute Gasteiger partial charge is 0.497 e. The lowest BCUT2D eigenvalue weighted by Gasteiger charge is -2.10. The molecule has 0 bridgehead atoms. The summed E-state index contributed by atoms with van der Waals surface area (Å²) in [6.07, 6.45) is 1.30. The Morgan fingerprint density at radius 1 is 1.03 bits per heavy atom. The number of benzene rings is 2. The number of amides is 1. The number of ether oxygens (including phenoxy) is 4. The first-order valence-corrected chi connectivity index (χ1v) is 8.26.